The fraction of sp³-hybridized carbons (Fsp3) is 0.318. The molecule has 154 valence electrons. The molecular formula is C22H28N4O3. The number of aryl methyl sites for hydroxylation is 1. The Labute approximate surface area is 171 Å². The van der Waals surface area contributed by atoms with Crippen molar-refractivity contribution >= 4 is 34.8 Å². The van der Waals surface area contributed by atoms with Crippen molar-refractivity contribution in [1.82, 2.24) is 4.90 Å². The molecule has 0 radical (unpaired) electrons. The summed E-state index contributed by atoms with van der Waals surface area (Å²) in [5, 5.41) is 8.66. The van der Waals surface area contributed by atoms with Gasteiger partial charge in [0.05, 0.1) is 6.54 Å². The number of carbonyl (C=O) groups is 3. The van der Waals surface area contributed by atoms with E-state index < -0.39 is 0 Å². The Hall–Kier alpha value is -3.35. The summed E-state index contributed by atoms with van der Waals surface area (Å²) in [6, 6.07) is 14.7. The first-order valence-electron chi connectivity index (χ1n) is 9.60. The van der Waals surface area contributed by atoms with Gasteiger partial charge in [-0.1, -0.05) is 25.1 Å². The number of anilines is 3. The molecule has 7 nitrogen and oxygen atoms in total. The summed E-state index contributed by atoms with van der Waals surface area (Å²) < 4.78 is 0. The number of rotatable bonds is 9. The van der Waals surface area contributed by atoms with Crippen LogP contribution in [0.5, 0.6) is 0 Å². The minimum Gasteiger partial charge on any atom is -0.376 e. The van der Waals surface area contributed by atoms with Crippen LogP contribution in [0.1, 0.15) is 25.3 Å². The van der Waals surface area contributed by atoms with E-state index >= 15 is 0 Å². The van der Waals surface area contributed by atoms with Gasteiger partial charge in [0.2, 0.25) is 17.7 Å². The van der Waals surface area contributed by atoms with E-state index in [9.17, 15) is 14.4 Å². The largest absolute Gasteiger partial charge is 0.376 e. The first-order valence-corrected chi connectivity index (χ1v) is 9.60. The molecule has 0 aliphatic heterocycles. The van der Waals surface area contributed by atoms with Gasteiger partial charge in [-0.05, 0) is 42.3 Å². The van der Waals surface area contributed by atoms with Gasteiger partial charge >= 0.3 is 0 Å². The van der Waals surface area contributed by atoms with Crippen LogP contribution in [0.3, 0.4) is 0 Å². The van der Waals surface area contributed by atoms with Gasteiger partial charge in [0.15, 0.2) is 0 Å². The Morgan fingerprint density at radius 1 is 0.862 bits per heavy atom. The zero-order chi connectivity index (χ0) is 21.2. The van der Waals surface area contributed by atoms with Crippen LogP contribution < -0.4 is 16.0 Å². The van der Waals surface area contributed by atoms with Gasteiger partial charge in [0, 0.05) is 44.0 Å². The fourth-order valence-corrected chi connectivity index (χ4v) is 2.57. The van der Waals surface area contributed by atoms with Crippen LogP contribution in [-0.2, 0) is 20.8 Å². The van der Waals surface area contributed by atoms with Crippen LogP contribution in [0, 0.1) is 0 Å². The van der Waals surface area contributed by atoms with Crippen molar-refractivity contribution in [2.24, 2.45) is 0 Å². The molecule has 3 amide bonds. The topological polar surface area (TPSA) is 90.5 Å². The van der Waals surface area contributed by atoms with Gasteiger partial charge in [0.1, 0.15) is 0 Å². The molecule has 0 unspecified atom stereocenters. The maximum Gasteiger partial charge on any atom is 0.243 e. The normalized spacial score (nSPS) is 10.2. The summed E-state index contributed by atoms with van der Waals surface area (Å²) in [6.45, 7) is 1.89. The van der Waals surface area contributed by atoms with Crippen LogP contribution >= 0.6 is 0 Å². The van der Waals surface area contributed by atoms with E-state index in [2.05, 4.69) is 16.0 Å². The minimum atomic E-state index is -0.177. The highest BCUT2D eigenvalue weighted by Gasteiger charge is 2.06. The number of hydrogen-bond acceptors (Lipinski definition) is 4. The summed E-state index contributed by atoms with van der Waals surface area (Å²) in [5.41, 5.74) is 3.17. The molecular weight excluding hydrogens is 368 g/mol. The highest BCUT2D eigenvalue weighted by atomic mass is 16.2. The number of carbonyl (C=O) groups excluding carboxylic acids is 3. The Kier molecular flexibility index (Phi) is 8.21. The molecule has 7 heteroatoms. The second-order valence-corrected chi connectivity index (χ2v) is 6.87. The third kappa shape index (κ3) is 7.65. The molecule has 0 atom stereocenters. The van der Waals surface area contributed by atoms with Crippen LogP contribution in [0.25, 0.3) is 0 Å². The monoisotopic (exact) mass is 396 g/mol. The van der Waals surface area contributed by atoms with Crippen LogP contribution in [0.2, 0.25) is 0 Å². The number of hydrogen-bond donors (Lipinski definition) is 3. The summed E-state index contributed by atoms with van der Waals surface area (Å²) in [6.07, 6.45) is 1.53. The fourth-order valence-electron chi connectivity index (χ4n) is 2.57. The average Bonchev–Trinajstić information content (AvgIpc) is 2.71. The summed E-state index contributed by atoms with van der Waals surface area (Å²) in [4.78, 5) is 36.9. The summed E-state index contributed by atoms with van der Waals surface area (Å²) in [5.74, 6) is -0.148. The molecule has 2 aromatic rings. The van der Waals surface area contributed by atoms with Gasteiger partial charge in [-0.15, -0.1) is 0 Å². The highest BCUT2D eigenvalue weighted by molar-refractivity contribution is 5.94. The lowest BCUT2D eigenvalue weighted by Gasteiger charge is -2.11. The number of amides is 3. The van der Waals surface area contributed by atoms with Gasteiger partial charge < -0.3 is 20.9 Å². The number of nitrogens with zero attached hydrogens (tertiary/aromatic N) is 1. The van der Waals surface area contributed by atoms with Crippen molar-refractivity contribution in [3.63, 3.8) is 0 Å². The molecule has 3 N–H and O–H groups in total. The lowest BCUT2D eigenvalue weighted by atomic mass is 10.1. The Morgan fingerprint density at radius 3 is 2.17 bits per heavy atom. The second kappa shape index (κ2) is 10.8. The number of benzene rings is 2. The van der Waals surface area contributed by atoms with E-state index in [0.29, 0.717) is 30.6 Å². The van der Waals surface area contributed by atoms with E-state index in [1.807, 2.05) is 36.4 Å². The van der Waals surface area contributed by atoms with Gasteiger partial charge in [-0.2, -0.15) is 0 Å². The Morgan fingerprint density at radius 2 is 1.52 bits per heavy atom. The molecule has 0 fully saturated rings. The van der Waals surface area contributed by atoms with Crippen LogP contribution in [0.15, 0.2) is 48.5 Å². The molecule has 0 heterocycles. The quantitative estimate of drug-likeness (QED) is 0.607. The zero-order valence-electron chi connectivity index (χ0n) is 17.1. The van der Waals surface area contributed by atoms with E-state index in [4.69, 9.17) is 0 Å². The second-order valence-electron chi connectivity index (χ2n) is 6.87. The van der Waals surface area contributed by atoms with E-state index in [-0.39, 0.29) is 24.3 Å². The third-order valence-electron chi connectivity index (χ3n) is 4.28. The van der Waals surface area contributed by atoms with Gasteiger partial charge in [-0.25, -0.2) is 0 Å². The third-order valence-corrected chi connectivity index (χ3v) is 4.28. The molecule has 0 aliphatic carbocycles. The van der Waals surface area contributed by atoms with Crippen LogP contribution in [0.4, 0.5) is 17.1 Å². The molecule has 0 aromatic heterocycles. The molecule has 0 saturated carbocycles. The predicted molar refractivity (Wildman–Crippen MR) is 116 cm³/mol. The van der Waals surface area contributed by atoms with Gasteiger partial charge in [-0.3, -0.25) is 14.4 Å². The minimum absolute atomic E-state index is 0.0607. The molecule has 29 heavy (non-hydrogen) atoms. The first-order chi connectivity index (χ1) is 13.9. The van der Waals surface area contributed by atoms with Crippen molar-refractivity contribution in [3.8, 4) is 0 Å². The predicted octanol–water partition coefficient (Wildman–Crippen LogP) is 3.11. The van der Waals surface area contributed by atoms with E-state index in [1.54, 1.807) is 38.1 Å². The van der Waals surface area contributed by atoms with Crippen molar-refractivity contribution in [1.29, 1.82) is 0 Å². The zero-order valence-corrected chi connectivity index (χ0v) is 17.1. The smallest absolute Gasteiger partial charge is 0.243 e. The maximum absolute atomic E-state index is 12.2. The maximum atomic E-state index is 12.2. The lowest BCUT2D eigenvalue weighted by Crippen LogP contribution is -2.22. The summed E-state index contributed by atoms with van der Waals surface area (Å²) >= 11 is 0. The van der Waals surface area contributed by atoms with Gasteiger partial charge in [0.25, 0.3) is 0 Å². The Balaban J connectivity index is 1.81. The van der Waals surface area contributed by atoms with Crippen LogP contribution in [-0.4, -0.2) is 43.3 Å². The molecule has 2 rings (SSSR count). The standard InChI is InChI=1S/C22H28N4O3/c1-4-20(27)25-19-7-5-6-18(14-19)23-15-21(28)24-17-11-8-16(9-12-17)10-13-22(29)26(2)3/h5-9,11-12,14,23H,4,10,13,15H2,1-3H3,(H,24,28)(H,25,27). The first kappa shape index (κ1) is 21.9. The molecule has 0 aliphatic rings. The molecule has 0 saturated heterocycles. The lowest BCUT2D eigenvalue weighted by molar-refractivity contribution is -0.128. The van der Waals surface area contributed by atoms with E-state index in [0.717, 1.165) is 11.3 Å². The van der Waals surface area contributed by atoms with Crippen molar-refractivity contribution in [2.75, 3.05) is 36.6 Å². The van der Waals surface area contributed by atoms with Crippen molar-refractivity contribution < 1.29 is 14.4 Å². The Bertz CT molecular complexity index is 847. The van der Waals surface area contributed by atoms with Crippen molar-refractivity contribution in [2.45, 2.75) is 26.2 Å². The van der Waals surface area contributed by atoms with Crippen molar-refractivity contribution in [3.05, 3.63) is 54.1 Å². The molecule has 0 spiro atoms. The number of nitrogens with one attached hydrogen (secondary N) is 3. The SMILES string of the molecule is CCC(=O)Nc1cccc(NCC(=O)Nc2ccc(CCC(=O)N(C)C)cc2)c1. The molecule has 0 bridgehead atoms. The average molecular weight is 396 g/mol. The summed E-state index contributed by atoms with van der Waals surface area (Å²) in [7, 11) is 3.49. The highest BCUT2D eigenvalue weighted by Crippen LogP contribution is 2.15. The molecule has 2 aromatic carbocycles. The van der Waals surface area contributed by atoms with E-state index in [1.165, 1.54) is 0 Å².